The van der Waals surface area contributed by atoms with Crippen molar-refractivity contribution in [3.8, 4) is 22.8 Å². The second-order valence-corrected chi connectivity index (χ2v) is 5.94. The van der Waals surface area contributed by atoms with Crippen LogP contribution in [-0.4, -0.2) is 24.7 Å². The number of oxazole rings is 1. The molecule has 0 saturated carbocycles. The molecule has 2 aromatic carbocycles. The molecule has 0 aliphatic carbocycles. The van der Waals surface area contributed by atoms with Crippen LogP contribution in [0, 0.1) is 0 Å². The average molecular weight is 391 g/mol. The van der Waals surface area contributed by atoms with Crippen molar-refractivity contribution in [1.29, 1.82) is 0 Å². The van der Waals surface area contributed by atoms with Crippen LogP contribution in [0.2, 0.25) is 0 Å². The Hall–Kier alpha value is -3.80. The summed E-state index contributed by atoms with van der Waals surface area (Å²) < 4.78 is 21.6. The fraction of sp³-hybridized carbons (Fsp3) is 0.130. The normalized spacial score (nSPS) is 10.7. The van der Waals surface area contributed by atoms with E-state index in [2.05, 4.69) is 11.6 Å². The fourth-order valence-corrected chi connectivity index (χ4v) is 2.51. The van der Waals surface area contributed by atoms with Crippen LogP contribution < -0.4 is 9.47 Å². The number of hydrogen-bond acceptors (Lipinski definition) is 6. The maximum Gasteiger partial charge on any atom is 0.331 e. The number of methoxy groups -OCH3 is 1. The van der Waals surface area contributed by atoms with Gasteiger partial charge >= 0.3 is 5.97 Å². The zero-order valence-corrected chi connectivity index (χ0v) is 16.0. The topological polar surface area (TPSA) is 70.8 Å². The van der Waals surface area contributed by atoms with E-state index < -0.39 is 5.97 Å². The lowest BCUT2D eigenvalue weighted by molar-refractivity contribution is -0.139. The molecule has 0 saturated heterocycles. The highest BCUT2D eigenvalue weighted by molar-refractivity contribution is 5.87. The summed E-state index contributed by atoms with van der Waals surface area (Å²) in [6, 6.07) is 14.9. The highest BCUT2D eigenvalue weighted by Gasteiger charge is 2.08. The molecule has 1 heterocycles. The van der Waals surface area contributed by atoms with Crippen LogP contribution in [-0.2, 0) is 16.1 Å². The molecule has 0 aliphatic heterocycles. The van der Waals surface area contributed by atoms with Crippen LogP contribution in [0.4, 0.5) is 0 Å². The molecule has 0 unspecified atom stereocenters. The number of esters is 1. The van der Waals surface area contributed by atoms with E-state index in [1.807, 2.05) is 36.4 Å². The first-order chi connectivity index (χ1) is 14.2. The molecule has 0 N–H and O–H groups in total. The predicted molar refractivity (Wildman–Crippen MR) is 109 cm³/mol. The number of carbonyl (C=O) groups excluding carboxylic acids is 1. The fourth-order valence-electron chi connectivity index (χ4n) is 2.51. The van der Waals surface area contributed by atoms with E-state index in [4.69, 9.17) is 18.6 Å². The SMILES string of the molecule is C=CCOc1ccc(/C=C/C(=O)OCc2ncc(-c3ccccc3)o2)cc1OC. The molecule has 0 fully saturated rings. The molecule has 0 atom stereocenters. The summed E-state index contributed by atoms with van der Waals surface area (Å²) in [5.74, 6) is 1.62. The van der Waals surface area contributed by atoms with Crippen LogP contribution in [0.15, 0.2) is 77.9 Å². The van der Waals surface area contributed by atoms with Crippen LogP contribution in [0.25, 0.3) is 17.4 Å². The largest absolute Gasteiger partial charge is 0.493 e. The van der Waals surface area contributed by atoms with Gasteiger partial charge in [-0.3, -0.25) is 0 Å². The third-order valence-electron chi connectivity index (χ3n) is 3.91. The number of aromatic nitrogens is 1. The average Bonchev–Trinajstić information content (AvgIpc) is 3.24. The van der Waals surface area contributed by atoms with Gasteiger partial charge in [0, 0.05) is 11.6 Å². The molecule has 3 rings (SSSR count). The first-order valence-electron chi connectivity index (χ1n) is 8.96. The summed E-state index contributed by atoms with van der Waals surface area (Å²) >= 11 is 0. The summed E-state index contributed by atoms with van der Waals surface area (Å²) in [6.07, 6.45) is 6.23. The van der Waals surface area contributed by atoms with Crippen LogP contribution in [0.1, 0.15) is 11.5 Å². The van der Waals surface area contributed by atoms with Crippen molar-refractivity contribution >= 4 is 12.0 Å². The van der Waals surface area contributed by atoms with Gasteiger partial charge < -0.3 is 18.6 Å². The van der Waals surface area contributed by atoms with Gasteiger partial charge in [0.25, 0.3) is 0 Å². The Bertz CT molecular complexity index is 992. The Kier molecular flexibility index (Phi) is 6.84. The van der Waals surface area contributed by atoms with Gasteiger partial charge in [-0.15, -0.1) is 0 Å². The van der Waals surface area contributed by atoms with Gasteiger partial charge in [0.1, 0.15) is 6.61 Å². The Morgan fingerprint density at radius 2 is 2.00 bits per heavy atom. The van der Waals surface area contributed by atoms with E-state index in [-0.39, 0.29) is 6.61 Å². The standard InChI is InChI=1S/C23H21NO5/c1-3-13-27-19-11-9-17(14-20(19)26-2)10-12-23(25)28-16-22-24-15-21(29-22)18-7-5-4-6-8-18/h3-12,14-15H,1,13,16H2,2H3/b12-10+. The Morgan fingerprint density at radius 3 is 2.76 bits per heavy atom. The predicted octanol–water partition coefficient (Wildman–Crippen LogP) is 4.67. The summed E-state index contributed by atoms with van der Waals surface area (Å²) in [6.45, 7) is 3.95. The van der Waals surface area contributed by atoms with Crippen molar-refractivity contribution in [2.24, 2.45) is 0 Å². The molecule has 0 aliphatic rings. The van der Waals surface area contributed by atoms with Crippen molar-refractivity contribution in [2.45, 2.75) is 6.61 Å². The van der Waals surface area contributed by atoms with Crippen LogP contribution in [0.3, 0.4) is 0 Å². The molecule has 0 amide bonds. The van der Waals surface area contributed by atoms with Gasteiger partial charge in [-0.25, -0.2) is 9.78 Å². The van der Waals surface area contributed by atoms with E-state index in [0.29, 0.717) is 29.8 Å². The lowest BCUT2D eigenvalue weighted by Gasteiger charge is -2.09. The quantitative estimate of drug-likeness (QED) is 0.300. The highest BCUT2D eigenvalue weighted by Crippen LogP contribution is 2.28. The molecule has 1 aromatic heterocycles. The van der Waals surface area contributed by atoms with Crippen molar-refractivity contribution < 1.29 is 23.4 Å². The minimum absolute atomic E-state index is 0.0480. The minimum Gasteiger partial charge on any atom is -0.493 e. The van der Waals surface area contributed by atoms with Gasteiger partial charge in [-0.1, -0.05) is 49.1 Å². The second-order valence-electron chi connectivity index (χ2n) is 5.94. The van der Waals surface area contributed by atoms with E-state index >= 15 is 0 Å². The first-order valence-corrected chi connectivity index (χ1v) is 8.96. The molecular weight excluding hydrogens is 370 g/mol. The van der Waals surface area contributed by atoms with Gasteiger partial charge in [0.15, 0.2) is 23.9 Å². The van der Waals surface area contributed by atoms with Crippen molar-refractivity contribution in [3.05, 3.63) is 84.9 Å². The van der Waals surface area contributed by atoms with Gasteiger partial charge in [-0.05, 0) is 23.8 Å². The third-order valence-corrected chi connectivity index (χ3v) is 3.91. The van der Waals surface area contributed by atoms with Crippen LogP contribution >= 0.6 is 0 Å². The molecule has 3 aromatic rings. The number of ether oxygens (including phenoxy) is 3. The molecular formula is C23H21NO5. The molecule has 0 bridgehead atoms. The number of hydrogen-bond donors (Lipinski definition) is 0. The zero-order chi connectivity index (χ0) is 20.5. The van der Waals surface area contributed by atoms with Crippen molar-refractivity contribution in [1.82, 2.24) is 4.98 Å². The van der Waals surface area contributed by atoms with E-state index in [9.17, 15) is 4.79 Å². The number of carbonyl (C=O) groups is 1. The van der Waals surface area contributed by atoms with Gasteiger partial charge in [-0.2, -0.15) is 0 Å². The maximum atomic E-state index is 12.0. The monoisotopic (exact) mass is 391 g/mol. The summed E-state index contributed by atoms with van der Waals surface area (Å²) in [7, 11) is 1.55. The highest BCUT2D eigenvalue weighted by atomic mass is 16.5. The smallest absolute Gasteiger partial charge is 0.331 e. The summed E-state index contributed by atoms with van der Waals surface area (Å²) in [5.41, 5.74) is 1.68. The number of nitrogens with zero attached hydrogens (tertiary/aromatic N) is 1. The van der Waals surface area contributed by atoms with Gasteiger partial charge in [0.05, 0.1) is 13.3 Å². The van der Waals surface area contributed by atoms with E-state index in [1.165, 1.54) is 6.08 Å². The molecule has 0 radical (unpaired) electrons. The molecule has 29 heavy (non-hydrogen) atoms. The second kappa shape index (κ2) is 9.94. The lowest BCUT2D eigenvalue weighted by atomic mass is 10.2. The number of rotatable bonds is 9. The molecule has 6 nitrogen and oxygen atoms in total. The lowest BCUT2D eigenvalue weighted by Crippen LogP contribution is -2.01. The summed E-state index contributed by atoms with van der Waals surface area (Å²) in [5, 5.41) is 0. The number of benzene rings is 2. The van der Waals surface area contributed by atoms with E-state index in [1.54, 1.807) is 37.6 Å². The van der Waals surface area contributed by atoms with E-state index in [0.717, 1.165) is 11.1 Å². The Labute approximate surface area is 169 Å². The maximum absolute atomic E-state index is 12.0. The first kappa shape index (κ1) is 19.9. The third kappa shape index (κ3) is 5.59. The van der Waals surface area contributed by atoms with Gasteiger partial charge in [0.2, 0.25) is 5.89 Å². The van der Waals surface area contributed by atoms with Crippen LogP contribution in [0.5, 0.6) is 11.5 Å². The molecule has 0 spiro atoms. The van der Waals surface area contributed by atoms with Crippen molar-refractivity contribution in [3.63, 3.8) is 0 Å². The molecule has 6 heteroatoms. The zero-order valence-electron chi connectivity index (χ0n) is 16.0. The molecule has 148 valence electrons. The minimum atomic E-state index is -0.504. The Balaban J connectivity index is 1.56. The summed E-state index contributed by atoms with van der Waals surface area (Å²) in [4.78, 5) is 16.1. The Morgan fingerprint density at radius 1 is 1.17 bits per heavy atom. The van der Waals surface area contributed by atoms with Crippen molar-refractivity contribution in [2.75, 3.05) is 13.7 Å².